The molecule has 0 spiro atoms. The van der Waals surface area contributed by atoms with Gasteiger partial charge in [-0.2, -0.15) is 8.42 Å². The predicted molar refractivity (Wildman–Crippen MR) is 191 cm³/mol. The molecule has 6 N–H and O–H groups in total. The number of aliphatic hydroxyl groups is 4. The SMILES string of the molecule is O=S(=O)(O)c1cc(S(=O)(=O)NC2C(O)OC(CO)[C@H](O)[C@H]2O)ccc1C1=c2cc3c4c(c2Oc2c1cc1c5c2CCCN5CCC1)CCC[N+]=4CCC3. The Hall–Kier alpha value is -3.45. The summed E-state index contributed by atoms with van der Waals surface area (Å²) in [6.45, 7) is 3.03. The monoisotopic (exact) mass is 768 g/mol. The molecule has 0 aliphatic carbocycles. The van der Waals surface area contributed by atoms with Crippen molar-refractivity contribution < 1.29 is 51.3 Å². The molecule has 9 rings (SSSR count). The fraction of sp³-hybridized carbons (Fsp3) is 0.486. The van der Waals surface area contributed by atoms with Gasteiger partial charge in [0, 0.05) is 64.7 Å². The molecule has 0 bridgehead atoms. The van der Waals surface area contributed by atoms with Gasteiger partial charge < -0.3 is 34.8 Å². The normalized spacial score (nSPS) is 26.3. The van der Waals surface area contributed by atoms with Crippen molar-refractivity contribution in [3.05, 3.63) is 74.3 Å². The molecule has 3 aromatic carbocycles. The number of hydrogen-bond acceptors (Lipinski definition) is 11. The van der Waals surface area contributed by atoms with Crippen LogP contribution in [-0.2, 0) is 50.6 Å². The first-order chi connectivity index (χ1) is 25.4. The molecule has 53 heavy (non-hydrogen) atoms. The molecule has 6 aliphatic heterocycles. The summed E-state index contributed by atoms with van der Waals surface area (Å²) in [6.07, 6.45) is 0.112. The van der Waals surface area contributed by atoms with Crippen molar-refractivity contribution in [3.8, 4) is 11.5 Å². The van der Waals surface area contributed by atoms with Crippen LogP contribution < -0.4 is 29.5 Å². The molecule has 6 aliphatic rings. The number of fused-ring (bicyclic) bond motifs is 4. The standard InChI is InChI=1S/C37H41N3O11S2/c41-18-27-33(42)34(43)30(37(44)50-27)38-52(45,46)21-9-10-22(28(17-21)53(47,48)49)29-25-15-19-5-1-11-39-13-3-7-23(31(19)39)35(25)51-36-24-8-4-14-40-12-2-6-20(32(24)40)16-26(29)36/h9-10,15-17,27,30,33-34,37-38,41-44H,1-8,11-14,18H2/p+1/t27?,30?,33-,34-,37?/m0/s1. The minimum absolute atomic E-state index is 0.103. The van der Waals surface area contributed by atoms with Gasteiger partial charge in [0.05, 0.1) is 17.1 Å². The Kier molecular flexibility index (Phi) is 8.53. The third kappa shape index (κ3) is 5.64. The van der Waals surface area contributed by atoms with Crippen LogP contribution >= 0.6 is 0 Å². The first kappa shape index (κ1) is 35.3. The Morgan fingerprint density at radius 3 is 2.30 bits per heavy atom. The largest absolute Gasteiger partial charge is 0.455 e. The van der Waals surface area contributed by atoms with Crippen LogP contribution in [-0.4, -0.2) is 105 Å². The van der Waals surface area contributed by atoms with Crippen LogP contribution in [0.15, 0.2) is 40.1 Å². The average Bonchev–Trinajstić information content (AvgIpc) is 3.14. The zero-order valence-corrected chi connectivity index (χ0v) is 30.5. The molecule has 16 heteroatoms. The fourth-order valence-corrected chi connectivity index (χ4v) is 11.4. The number of anilines is 1. The van der Waals surface area contributed by atoms with Crippen LogP contribution in [0.4, 0.5) is 5.69 Å². The molecular formula is C37H42N3O11S2+. The summed E-state index contributed by atoms with van der Waals surface area (Å²) in [5.41, 5.74) is 6.89. The Labute approximate surface area is 306 Å². The van der Waals surface area contributed by atoms with Gasteiger partial charge in [0.1, 0.15) is 53.8 Å². The summed E-state index contributed by atoms with van der Waals surface area (Å²) in [4.78, 5) is 1.18. The second kappa shape index (κ2) is 12.8. The van der Waals surface area contributed by atoms with E-state index in [1.807, 2.05) is 0 Å². The number of rotatable bonds is 6. The van der Waals surface area contributed by atoms with Crippen molar-refractivity contribution in [2.45, 2.75) is 91.8 Å². The van der Waals surface area contributed by atoms with Crippen LogP contribution in [0.5, 0.6) is 11.5 Å². The van der Waals surface area contributed by atoms with E-state index in [4.69, 9.17) is 9.47 Å². The molecule has 0 aromatic heterocycles. The minimum Gasteiger partial charge on any atom is -0.455 e. The van der Waals surface area contributed by atoms with E-state index in [9.17, 15) is 41.8 Å². The van der Waals surface area contributed by atoms with E-state index in [0.717, 1.165) is 106 Å². The third-order valence-corrected chi connectivity index (χ3v) is 14.0. The molecule has 1 saturated heterocycles. The molecule has 1 fully saturated rings. The summed E-state index contributed by atoms with van der Waals surface area (Å²) in [7, 11) is -9.78. The lowest BCUT2D eigenvalue weighted by Gasteiger charge is -2.40. The molecule has 14 nitrogen and oxygen atoms in total. The van der Waals surface area contributed by atoms with Gasteiger partial charge in [0.25, 0.3) is 10.1 Å². The lowest BCUT2D eigenvalue weighted by Crippen LogP contribution is -2.64. The molecule has 0 radical (unpaired) electrons. The average molecular weight is 769 g/mol. The quantitative estimate of drug-likeness (QED) is 0.108. The Morgan fingerprint density at radius 2 is 1.55 bits per heavy atom. The third-order valence-electron chi connectivity index (χ3n) is 11.7. The van der Waals surface area contributed by atoms with Gasteiger partial charge in [-0.3, -0.25) is 4.55 Å². The van der Waals surface area contributed by atoms with E-state index in [1.165, 1.54) is 23.2 Å². The van der Waals surface area contributed by atoms with E-state index < -0.39 is 67.2 Å². The first-order valence-electron chi connectivity index (χ1n) is 18.2. The van der Waals surface area contributed by atoms with Crippen molar-refractivity contribution >= 4 is 31.4 Å². The summed E-state index contributed by atoms with van der Waals surface area (Å²) in [5.74, 6) is 1.31. The highest BCUT2D eigenvalue weighted by molar-refractivity contribution is 7.89. The van der Waals surface area contributed by atoms with E-state index in [2.05, 4.69) is 26.3 Å². The van der Waals surface area contributed by atoms with Crippen LogP contribution in [0.1, 0.15) is 59.1 Å². The Morgan fingerprint density at radius 1 is 0.830 bits per heavy atom. The highest BCUT2D eigenvalue weighted by atomic mass is 32.2. The van der Waals surface area contributed by atoms with E-state index in [1.54, 1.807) is 0 Å². The van der Waals surface area contributed by atoms with Gasteiger partial charge in [-0.05, 0) is 68.4 Å². The van der Waals surface area contributed by atoms with Crippen molar-refractivity contribution in [2.75, 3.05) is 37.7 Å². The molecule has 5 atom stereocenters. The second-order valence-corrected chi connectivity index (χ2v) is 18.0. The smallest absolute Gasteiger partial charge is 0.295 e. The van der Waals surface area contributed by atoms with Crippen molar-refractivity contribution in [3.63, 3.8) is 0 Å². The van der Waals surface area contributed by atoms with Crippen LogP contribution in [0, 0.1) is 0 Å². The molecule has 0 saturated carbocycles. The van der Waals surface area contributed by atoms with Gasteiger partial charge in [-0.25, -0.2) is 17.7 Å². The topological polar surface area (TPSA) is 206 Å². The summed E-state index contributed by atoms with van der Waals surface area (Å²) < 4.78 is 81.6. The number of sulfonamides is 1. The second-order valence-electron chi connectivity index (χ2n) is 14.9. The summed E-state index contributed by atoms with van der Waals surface area (Å²) in [5, 5.41) is 42.7. The molecule has 282 valence electrons. The maximum absolute atomic E-state index is 13.7. The molecular weight excluding hydrogens is 727 g/mol. The Balaban J connectivity index is 1.27. The zero-order chi connectivity index (χ0) is 37.0. The number of hydrogen-bond donors (Lipinski definition) is 6. The lowest BCUT2D eigenvalue weighted by molar-refractivity contribution is -0.251. The predicted octanol–water partition coefficient (Wildman–Crippen LogP) is -0.553. The van der Waals surface area contributed by atoms with Gasteiger partial charge in [0.2, 0.25) is 15.4 Å². The number of nitrogens with zero attached hydrogens (tertiary/aromatic N) is 2. The first-order valence-corrected chi connectivity index (χ1v) is 21.2. The number of nitrogens with one attached hydrogen (secondary N) is 1. The van der Waals surface area contributed by atoms with Gasteiger partial charge in [-0.1, -0.05) is 6.07 Å². The molecule has 3 unspecified atom stereocenters. The minimum atomic E-state index is -5.07. The van der Waals surface area contributed by atoms with Gasteiger partial charge in [-0.15, -0.1) is 0 Å². The van der Waals surface area contributed by atoms with Crippen molar-refractivity contribution in [1.29, 1.82) is 0 Å². The summed E-state index contributed by atoms with van der Waals surface area (Å²) >= 11 is 0. The zero-order valence-electron chi connectivity index (χ0n) is 28.9. The number of aryl methyl sites for hydroxylation is 2. The number of benzene rings is 3. The lowest BCUT2D eigenvalue weighted by atomic mass is 9.82. The maximum Gasteiger partial charge on any atom is 0.295 e. The van der Waals surface area contributed by atoms with Crippen LogP contribution in [0.3, 0.4) is 0 Å². The van der Waals surface area contributed by atoms with Crippen LogP contribution in [0.25, 0.3) is 5.57 Å². The van der Waals surface area contributed by atoms with Crippen molar-refractivity contribution in [2.24, 2.45) is 0 Å². The molecule has 3 aromatic rings. The number of aliphatic hydroxyl groups excluding tert-OH is 4. The van der Waals surface area contributed by atoms with Crippen molar-refractivity contribution in [1.82, 2.24) is 9.30 Å². The summed E-state index contributed by atoms with van der Waals surface area (Å²) in [6, 6.07) is 5.80. The maximum atomic E-state index is 13.7. The number of ether oxygens (including phenoxy) is 2. The van der Waals surface area contributed by atoms with Gasteiger partial charge >= 0.3 is 0 Å². The van der Waals surface area contributed by atoms with Crippen LogP contribution in [0.2, 0.25) is 0 Å². The Bertz CT molecular complexity index is 2410. The van der Waals surface area contributed by atoms with E-state index in [0.29, 0.717) is 27.9 Å². The highest BCUT2D eigenvalue weighted by Crippen LogP contribution is 2.49. The van der Waals surface area contributed by atoms with Gasteiger partial charge in [0.15, 0.2) is 6.29 Å². The fourth-order valence-electron chi connectivity index (χ4n) is 9.36. The highest BCUT2D eigenvalue weighted by Gasteiger charge is 2.46. The molecule has 0 amide bonds. The van der Waals surface area contributed by atoms with E-state index >= 15 is 0 Å². The van der Waals surface area contributed by atoms with E-state index in [-0.39, 0.29) is 5.56 Å². The molecule has 6 heterocycles.